The highest BCUT2D eigenvalue weighted by atomic mass is 79.9. The van der Waals surface area contributed by atoms with E-state index in [1.165, 1.54) is 0 Å². The van der Waals surface area contributed by atoms with Crippen LogP contribution in [0.1, 0.15) is 11.1 Å². The quantitative estimate of drug-likeness (QED) is 0.711. The van der Waals surface area contributed by atoms with Crippen LogP contribution in [-0.2, 0) is 11.3 Å². The zero-order chi connectivity index (χ0) is 15.1. The van der Waals surface area contributed by atoms with Crippen LogP contribution in [0.4, 0.5) is 0 Å². The van der Waals surface area contributed by atoms with Gasteiger partial charge in [0.05, 0.1) is 20.5 Å². The minimum atomic E-state index is 0.492. The molecule has 0 radical (unpaired) electrons. The highest BCUT2D eigenvalue weighted by molar-refractivity contribution is 9.10. The molecule has 110 valence electrons. The van der Waals surface area contributed by atoms with Crippen molar-refractivity contribution in [3.05, 3.63) is 64.3 Å². The topological polar surface area (TPSA) is 27.7 Å². The molecule has 0 atom stereocenters. The second-order valence-corrected chi connectivity index (χ2v) is 5.19. The maximum absolute atomic E-state index is 5.87. The molecule has 0 bridgehead atoms. The summed E-state index contributed by atoms with van der Waals surface area (Å²) in [6.45, 7) is 0.492. The molecule has 0 saturated heterocycles. The molecule has 0 aromatic heterocycles. The van der Waals surface area contributed by atoms with Crippen LogP contribution < -0.4 is 9.47 Å². The van der Waals surface area contributed by atoms with Gasteiger partial charge in [0, 0.05) is 4.47 Å². The van der Waals surface area contributed by atoms with Crippen molar-refractivity contribution in [3.8, 4) is 11.5 Å². The first-order valence-corrected chi connectivity index (χ1v) is 7.27. The number of benzene rings is 2. The molecule has 0 N–H and O–H groups in total. The van der Waals surface area contributed by atoms with Crippen molar-refractivity contribution < 1.29 is 14.2 Å². The van der Waals surface area contributed by atoms with Crippen molar-refractivity contribution in [2.45, 2.75) is 6.61 Å². The predicted octanol–water partition coefficient (Wildman–Crippen LogP) is 4.65. The van der Waals surface area contributed by atoms with E-state index in [0.29, 0.717) is 18.1 Å². The van der Waals surface area contributed by atoms with Crippen LogP contribution in [0.3, 0.4) is 0 Å². The van der Waals surface area contributed by atoms with Gasteiger partial charge < -0.3 is 14.2 Å². The molecular formula is C17H17BrO3. The van der Waals surface area contributed by atoms with Crippen LogP contribution in [-0.4, -0.2) is 14.2 Å². The average molecular weight is 349 g/mol. The van der Waals surface area contributed by atoms with Crippen LogP contribution in [0.25, 0.3) is 6.08 Å². The SMILES string of the molecule is COC=Cc1cc(OCc2ccccc2)c(OC)cc1Br. The van der Waals surface area contributed by atoms with Crippen LogP contribution in [0.15, 0.2) is 53.2 Å². The highest BCUT2D eigenvalue weighted by Gasteiger charge is 2.09. The Kier molecular flexibility index (Phi) is 5.69. The van der Waals surface area contributed by atoms with Crippen molar-refractivity contribution in [1.29, 1.82) is 0 Å². The van der Waals surface area contributed by atoms with Gasteiger partial charge in [-0.3, -0.25) is 0 Å². The van der Waals surface area contributed by atoms with E-state index >= 15 is 0 Å². The Bertz CT molecular complexity index is 609. The summed E-state index contributed by atoms with van der Waals surface area (Å²) in [7, 11) is 3.24. The number of hydrogen-bond donors (Lipinski definition) is 0. The molecule has 4 heteroatoms. The Hall–Kier alpha value is -1.94. The summed E-state index contributed by atoms with van der Waals surface area (Å²) in [5.74, 6) is 1.38. The molecule has 0 aliphatic rings. The first-order chi connectivity index (χ1) is 10.2. The maximum Gasteiger partial charge on any atom is 0.162 e. The molecule has 0 spiro atoms. The van der Waals surface area contributed by atoms with Crippen molar-refractivity contribution in [2.75, 3.05) is 14.2 Å². The predicted molar refractivity (Wildman–Crippen MR) is 87.5 cm³/mol. The van der Waals surface area contributed by atoms with Gasteiger partial charge in [0.15, 0.2) is 11.5 Å². The van der Waals surface area contributed by atoms with E-state index in [9.17, 15) is 0 Å². The lowest BCUT2D eigenvalue weighted by Crippen LogP contribution is -1.98. The van der Waals surface area contributed by atoms with Crippen molar-refractivity contribution in [3.63, 3.8) is 0 Å². The standard InChI is InChI=1S/C17H17BrO3/c1-19-9-8-14-10-17(16(20-2)11-15(14)18)21-12-13-6-4-3-5-7-13/h3-11H,12H2,1-2H3. The van der Waals surface area contributed by atoms with Crippen LogP contribution in [0.5, 0.6) is 11.5 Å². The second-order valence-electron chi connectivity index (χ2n) is 4.34. The highest BCUT2D eigenvalue weighted by Crippen LogP contribution is 2.34. The van der Waals surface area contributed by atoms with Gasteiger partial charge in [-0.1, -0.05) is 46.3 Å². The van der Waals surface area contributed by atoms with Gasteiger partial charge in [-0.2, -0.15) is 0 Å². The van der Waals surface area contributed by atoms with E-state index in [1.54, 1.807) is 20.5 Å². The first kappa shape index (κ1) is 15.4. The Morgan fingerprint density at radius 3 is 2.48 bits per heavy atom. The third kappa shape index (κ3) is 4.26. The van der Waals surface area contributed by atoms with Crippen molar-refractivity contribution in [2.24, 2.45) is 0 Å². The van der Waals surface area contributed by atoms with E-state index in [-0.39, 0.29) is 0 Å². The maximum atomic E-state index is 5.87. The van der Waals surface area contributed by atoms with Crippen molar-refractivity contribution >= 4 is 22.0 Å². The fourth-order valence-electron chi connectivity index (χ4n) is 1.83. The van der Waals surface area contributed by atoms with E-state index in [4.69, 9.17) is 14.2 Å². The molecule has 0 saturated carbocycles. The minimum absolute atomic E-state index is 0.492. The molecule has 2 aromatic rings. The van der Waals surface area contributed by atoms with Gasteiger partial charge in [-0.15, -0.1) is 0 Å². The summed E-state index contributed by atoms with van der Waals surface area (Å²) in [5, 5.41) is 0. The van der Waals surface area contributed by atoms with E-state index in [1.807, 2.05) is 48.5 Å². The largest absolute Gasteiger partial charge is 0.504 e. The van der Waals surface area contributed by atoms with Gasteiger partial charge in [0.1, 0.15) is 6.61 Å². The zero-order valence-corrected chi connectivity index (χ0v) is 13.6. The smallest absolute Gasteiger partial charge is 0.162 e. The lowest BCUT2D eigenvalue weighted by molar-refractivity contribution is 0.284. The summed E-state index contributed by atoms with van der Waals surface area (Å²) in [4.78, 5) is 0. The second kappa shape index (κ2) is 7.74. The summed E-state index contributed by atoms with van der Waals surface area (Å²) >= 11 is 3.51. The molecule has 0 heterocycles. The van der Waals surface area contributed by atoms with E-state index < -0.39 is 0 Å². The van der Waals surface area contributed by atoms with Gasteiger partial charge in [-0.25, -0.2) is 0 Å². The molecule has 0 fully saturated rings. The van der Waals surface area contributed by atoms with E-state index in [2.05, 4.69) is 15.9 Å². The monoisotopic (exact) mass is 348 g/mol. The van der Waals surface area contributed by atoms with Crippen LogP contribution >= 0.6 is 15.9 Å². The average Bonchev–Trinajstić information content (AvgIpc) is 2.53. The molecule has 0 unspecified atom stereocenters. The van der Waals surface area contributed by atoms with Gasteiger partial charge in [0.2, 0.25) is 0 Å². The normalized spacial score (nSPS) is 10.6. The Balaban J connectivity index is 2.22. The molecule has 2 aromatic carbocycles. The fourth-order valence-corrected chi connectivity index (χ4v) is 2.28. The zero-order valence-electron chi connectivity index (χ0n) is 12.0. The van der Waals surface area contributed by atoms with Crippen LogP contribution in [0, 0.1) is 0 Å². The third-order valence-corrected chi connectivity index (χ3v) is 3.59. The molecule has 21 heavy (non-hydrogen) atoms. The van der Waals surface area contributed by atoms with Gasteiger partial charge in [-0.05, 0) is 29.3 Å². The van der Waals surface area contributed by atoms with Gasteiger partial charge >= 0.3 is 0 Å². The lowest BCUT2D eigenvalue weighted by Gasteiger charge is -2.13. The molecule has 0 aliphatic carbocycles. The van der Waals surface area contributed by atoms with Crippen molar-refractivity contribution in [1.82, 2.24) is 0 Å². The van der Waals surface area contributed by atoms with Crippen LogP contribution in [0.2, 0.25) is 0 Å². The number of hydrogen-bond acceptors (Lipinski definition) is 3. The Morgan fingerprint density at radius 2 is 1.81 bits per heavy atom. The number of rotatable bonds is 6. The molecule has 0 aliphatic heterocycles. The Morgan fingerprint density at radius 1 is 1.05 bits per heavy atom. The molecular weight excluding hydrogens is 332 g/mol. The molecule has 2 rings (SSSR count). The number of methoxy groups -OCH3 is 2. The summed E-state index contributed by atoms with van der Waals surface area (Å²) in [6.07, 6.45) is 3.48. The third-order valence-electron chi connectivity index (χ3n) is 2.90. The Labute approximate surface area is 133 Å². The van der Waals surface area contributed by atoms with Gasteiger partial charge in [0.25, 0.3) is 0 Å². The summed E-state index contributed by atoms with van der Waals surface area (Å²) in [6, 6.07) is 13.8. The summed E-state index contributed by atoms with van der Waals surface area (Å²) in [5.41, 5.74) is 2.07. The minimum Gasteiger partial charge on any atom is -0.504 e. The first-order valence-electron chi connectivity index (χ1n) is 6.48. The number of halogens is 1. The van der Waals surface area contributed by atoms with E-state index in [0.717, 1.165) is 15.6 Å². The molecule has 0 amide bonds. The lowest BCUT2D eigenvalue weighted by atomic mass is 10.2. The fraction of sp³-hybridized carbons (Fsp3) is 0.176. The number of ether oxygens (including phenoxy) is 3. The summed E-state index contributed by atoms with van der Waals surface area (Å²) < 4.78 is 17.1. The molecule has 3 nitrogen and oxygen atoms in total.